The summed E-state index contributed by atoms with van der Waals surface area (Å²) in [7, 11) is 0. The Balaban J connectivity index is 2.17. The predicted octanol–water partition coefficient (Wildman–Crippen LogP) is 0.660. The van der Waals surface area contributed by atoms with E-state index in [1.807, 2.05) is 6.92 Å². The van der Waals surface area contributed by atoms with Crippen LogP contribution in [-0.2, 0) is 11.3 Å². The summed E-state index contributed by atoms with van der Waals surface area (Å²) >= 11 is 0. The van der Waals surface area contributed by atoms with Crippen LogP contribution in [0.1, 0.15) is 30.3 Å². The van der Waals surface area contributed by atoms with E-state index in [2.05, 4.69) is 10.3 Å². The van der Waals surface area contributed by atoms with Gasteiger partial charge >= 0.3 is 0 Å². The SMILES string of the molecule is CCn1nncc1C(=O)C1CCCO1. The van der Waals surface area contributed by atoms with Crippen molar-refractivity contribution >= 4 is 5.78 Å². The number of aromatic nitrogens is 3. The number of carbonyl (C=O) groups is 1. The molecule has 14 heavy (non-hydrogen) atoms. The molecule has 1 unspecified atom stereocenters. The second-order valence-corrected chi connectivity index (χ2v) is 3.30. The van der Waals surface area contributed by atoms with Crippen LogP contribution in [0, 0.1) is 0 Å². The van der Waals surface area contributed by atoms with Crippen LogP contribution in [0.5, 0.6) is 0 Å². The average molecular weight is 195 g/mol. The lowest BCUT2D eigenvalue weighted by Gasteiger charge is -2.07. The third kappa shape index (κ3) is 1.55. The van der Waals surface area contributed by atoms with Crippen LogP contribution in [0.15, 0.2) is 6.20 Å². The highest BCUT2D eigenvalue weighted by atomic mass is 16.5. The second-order valence-electron chi connectivity index (χ2n) is 3.30. The summed E-state index contributed by atoms with van der Waals surface area (Å²) in [6.07, 6.45) is 3.00. The number of Topliss-reactive ketones (excluding diaryl/α,β-unsaturated/α-hetero) is 1. The van der Waals surface area contributed by atoms with Gasteiger partial charge in [0.15, 0.2) is 0 Å². The fourth-order valence-electron chi connectivity index (χ4n) is 1.63. The zero-order valence-corrected chi connectivity index (χ0v) is 8.14. The standard InChI is InChI=1S/C9H13N3O2/c1-2-12-7(6-10-11-12)9(13)8-4-3-5-14-8/h6,8H,2-5H2,1H3. The summed E-state index contributed by atoms with van der Waals surface area (Å²) in [6.45, 7) is 3.28. The maximum Gasteiger partial charge on any atom is 0.211 e. The Morgan fingerprint density at radius 2 is 2.64 bits per heavy atom. The Hall–Kier alpha value is -1.23. The molecule has 1 aromatic heterocycles. The van der Waals surface area contributed by atoms with E-state index < -0.39 is 0 Å². The quantitative estimate of drug-likeness (QED) is 0.665. The molecule has 1 aromatic rings. The highest BCUT2D eigenvalue weighted by Gasteiger charge is 2.27. The first-order chi connectivity index (χ1) is 6.83. The van der Waals surface area contributed by atoms with Crippen molar-refractivity contribution in [2.75, 3.05) is 6.61 Å². The van der Waals surface area contributed by atoms with Crippen molar-refractivity contribution in [3.05, 3.63) is 11.9 Å². The maximum absolute atomic E-state index is 11.9. The van der Waals surface area contributed by atoms with Gasteiger partial charge in [0.2, 0.25) is 5.78 Å². The number of ketones is 1. The van der Waals surface area contributed by atoms with E-state index in [1.165, 1.54) is 6.20 Å². The van der Waals surface area contributed by atoms with E-state index in [4.69, 9.17) is 4.74 Å². The maximum atomic E-state index is 11.9. The molecule has 5 heteroatoms. The van der Waals surface area contributed by atoms with Crippen LogP contribution >= 0.6 is 0 Å². The molecule has 5 nitrogen and oxygen atoms in total. The number of hydrogen-bond donors (Lipinski definition) is 0. The van der Waals surface area contributed by atoms with Gasteiger partial charge < -0.3 is 4.74 Å². The van der Waals surface area contributed by atoms with Crippen molar-refractivity contribution in [2.24, 2.45) is 0 Å². The van der Waals surface area contributed by atoms with Crippen LogP contribution < -0.4 is 0 Å². The Morgan fingerprint density at radius 1 is 1.79 bits per heavy atom. The third-order valence-electron chi connectivity index (χ3n) is 2.39. The van der Waals surface area contributed by atoms with Crippen LogP contribution in [0.3, 0.4) is 0 Å². The molecule has 0 amide bonds. The number of carbonyl (C=O) groups excluding carboxylic acids is 1. The molecule has 1 aliphatic rings. The van der Waals surface area contributed by atoms with E-state index in [1.54, 1.807) is 4.68 Å². The van der Waals surface area contributed by atoms with Crippen LogP contribution in [0.25, 0.3) is 0 Å². The van der Waals surface area contributed by atoms with Gasteiger partial charge in [0.25, 0.3) is 0 Å². The molecule has 0 radical (unpaired) electrons. The lowest BCUT2D eigenvalue weighted by molar-refractivity contribution is 0.0632. The minimum atomic E-state index is -0.279. The summed E-state index contributed by atoms with van der Waals surface area (Å²) in [5.74, 6) is 0.00866. The summed E-state index contributed by atoms with van der Waals surface area (Å²) in [5.41, 5.74) is 0.555. The molecule has 2 heterocycles. The molecular weight excluding hydrogens is 182 g/mol. The molecule has 0 saturated carbocycles. The summed E-state index contributed by atoms with van der Waals surface area (Å²) in [4.78, 5) is 11.9. The smallest absolute Gasteiger partial charge is 0.211 e. The van der Waals surface area contributed by atoms with Crippen LogP contribution in [0.2, 0.25) is 0 Å². The second kappa shape index (κ2) is 3.88. The van der Waals surface area contributed by atoms with Crippen LogP contribution in [0.4, 0.5) is 0 Å². The Bertz CT molecular complexity index is 329. The molecule has 2 rings (SSSR count). The zero-order chi connectivity index (χ0) is 9.97. The summed E-state index contributed by atoms with van der Waals surface area (Å²) < 4.78 is 6.92. The topological polar surface area (TPSA) is 57.0 Å². The van der Waals surface area contributed by atoms with E-state index in [-0.39, 0.29) is 11.9 Å². The first-order valence-electron chi connectivity index (χ1n) is 4.87. The molecule has 0 aliphatic carbocycles. The predicted molar refractivity (Wildman–Crippen MR) is 49.0 cm³/mol. The largest absolute Gasteiger partial charge is 0.370 e. The monoisotopic (exact) mass is 195 g/mol. The lowest BCUT2D eigenvalue weighted by Crippen LogP contribution is -2.22. The van der Waals surface area contributed by atoms with E-state index in [9.17, 15) is 4.79 Å². The van der Waals surface area contributed by atoms with Crippen molar-refractivity contribution in [3.63, 3.8) is 0 Å². The molecular formula is C9H13N3O2. The average Bonchev–Trinajstić information content (AvgIpc) is 2.87. The molecule has 0 spiro atoms. The van der Waals surface area contributed by atoms with Crippen molar-refractivity contribution in [1.29, 1.82) is 0 Å². The molecule has 1 fully saturated rings. The zero-order valence-electron chi connectivity index (χ0n) is 8.14. The van der Waals surface area contributed by atoms with Gasteiger partial charge in [-0.3, -0.25) is 4.79 Å². The molecule has 76 valence electrons. The van der Waals surface area contributed by atoms with Crippen molar-refractivity contribution in [2.45, 2.75) is 32.4 Å². The fraction of sp³-hybridized carbons (Fsp3) is 0.667. The van der Waals surface area contributed by atoms with Gasteiger partial charge in [-0.25, -0.2) is 4.68 Å². The van der Waals surface area contributed by atoms with Gasteiger partial charge in [0.1, 0.15) is 11.8 Å². The Labute approximate surface area is 82.1 Å². The van der Waals surface area contributed by atoms with E-state index in [0.717, 1.165) is 12.8 Å². The van der Waals surface area contributed by atoms with E-state index >= 15 is 0 Å². The molecule has 0 aromatic carbocycles. The van der Waals surface area contributed by atoms with E-state index in [0.29, 0.717) is 18.8 Å². The third-order valence-corrected chi connectivity index (χ3v) is 2.39. The first kappa shape index (κ1) is 9.33. The highest BCUT2D eigenvalue weighted by molar-refractivity contribution is 5.97. The van der Waals surface area contributed by atoms with Crippen LogP contribution in [-0.4, -0.2) is 33.5 Å². The molecule has 0 bridgehead atoms. The van der Waals surface area contributed by atoms with Gasteiger partial charge in [-0.05, 0) is 19.8 Å². The van der Waals surface area contributed by atoms with Crippen molar-refractivity contribution in [3.8, 4) is 0 Å². The Kier molecular flexibility index (Phi) is 2.58. The number of ether oxygens (including phenoxy) is 1. The van der Waals surface area contributed by atoms with Gasteiger partial charge in [-0.1, -0.05) is 5.21 Å². The normalized spacial score (nSPS) is 21.4. The van der Waals surface area contributed by atoms with Gasteiger partial charge in [-0.15, -0.1) is 5.10 Å². The first-order valence-corrected chi connectivity index (χ1v) is 4.87. The number of hydrogen-bond acceptors (Lipinski definition) is 4. The number of aryl methyl sites for hydroxylation is 1. The Morgan fingerprint density at radius 3 is 3.29 bits per heavy atom. The lowest BCUT2D eigenvalue weighted by atomic mass is 10.1. The number of nitrogens with zero attached hydrogens (tertiary/aromatic N) is 3. The molecule has 1 atom stereocenters. The minimum absolute atomic E-state index is 0.00866. The van der Waals surface area contributed by atoms with Gasteiger partial charge in [0.05, 0.1) is 6.20 Å². The van der Waals surface area contributed by atoms with Gasteiger partial charge in [0, 0.05) is 13.2 Å². The summed E-state index contributed by atoms with van der Waals surface area (Å²) in [6, 6.07) is 0. The fourth-order valence-corrected chi connectivity index (χ4v) is 1.63. The van der Waals surface area contributed by atoms with Gasteiger partial charge in [-0.2, -0.15) is 0 Å². The van der Waals surface area contributed by atoms with Crippen molar-refractivity contribution < 1.29 is 9.53 Å². The number of rotatable bonds is 3. The summed E-state index contributed by atoms with van der Waals surface area (Å²) in [5, 5.41) is 7.54. The minimum Gasteiger partial charge on any atom is -0.370 e. The highest BCUT2D eigenvalue weighted by Crippen LogP contribution is 2.16. The molecule has 0 N–H and O–H groups in total. The van der Waals surface area contributed by atoms with Crippen molar-refractivity contribution in [1.82, 2.24) is 15.0 Å². The molecule has 1 saturated heterocycles. The molecule has 1 aliphatic heterocycles.